The molecule has 0 aromatic heterocycles. The van der Waals surface area contributed by atoms with Crippen LogP contribution in [0.4, 0.5) is 0 Å². The molecule has 0 unspecified atom stereocenters. The summed E-state index contributed by atoms with van der Waals surface area (Å²) in [6.45, 7) is 0. The van der Waals surface area contributed by atoms with Crippen LogP contribution in [0.25, 0.3) is 0 Å². The molecule has 0 aliphatic rings. The number of rotatable bonds is 0. The third kappa shape index (κ3) is 18.1. The quantitative estimate of drug-likeness (QED) is 0.458. The van der Waals surface area contributed by atoms with Crippen LogP contribution in [0.5, 0.6) is 0 Å². The fourth-order valence-corrected chi connectivity index (χ4v) is 0. The van der Waals surface area contributed by atoms with Crippen molar-refractivity contribution in [2.24, 2.45) is 0 Å². The van der Waals surface area contributed by atoms with E-state index in [0.29, 0.717) is 0 Å². The number of hydrogen-bond donors (Lipinski definition) is 0. The molecule has 5 heavy (non-hydrogen) atoms. The predicted octanol–water partition coefficient (Wildman–Crippen LogP) is -1.84. The van der Waals surface area contributed by atoms with Crippen LogP contribution in [0.15, 0.2) is 0 Å². The summed E-state index contributed by atoms with van der Waals surface area (Å²) in [6, 6.07) is 0. The maximum absolute atomic E-state index is 0. The smallest absolute Gasteiger partial charge is 0 e. The van der Waals surface area contributed by atoms with E-state index >= 15 is 0 Å². The van der Waals surface area contributed by atoms with Crippen molar-refractivity contribution < 1.29 is 53.9 Å². The minimum atomic E-state index is 0. The fraction of sp³-hybridized carbons (Fsp3) is 0. The molecule has 0 amide bonds. The Bertz CT molecular complexity index is 11.6. The second-order valence-corrected chi connectivity index (χ2v) is 0. The van der Waals surface area contributed by atoms with E-state index in [4.69, 9.17) is 0 Å². The van der Waals surface area contributed by atoms with E-state index in [9.17, 15) is 0 Å². The Morgan fingerprint density at radius 2 is 1.00 bits per heavy atom. The molecule has 0 aromatic rings. The van der Waals surface area contributed by atoms with Gasteiger partial charge in [0.15, 0.2) is 17.4 Å². The minimum Gasteiger partial charge on any atom is 0 e. The molecule has 31 valence electrons. The van der Waals surface area contributed by atoms with Crippen LogP contribution in [0.3, 0.4) is 0 Å². The molecule has 0 rings (SSSR count). The topological polar surface area (TPSA) is 0 Å². The van der Waals surface area contributed by atoms with Crippen LogP contribution in [-0.2, 0) is 53.9 Å². The van der Waals surface area contributed by atoms with Gasteiger partial charge in [0.25, 0.3) is 0 Å². The third-order valence-electron chi connectivity index (χ3n) is 0. The zero-order valence-corrected chi connectivity index (χ0v) is 5.11. The molecule has 1 radical (unpaired) electrons. The van der Waals surface area contributed by atoms with Crippen LogP contribution in [0.2, 0.25) is 0 Å². The van der Waals surface area contributed by atoms with Crippen molar-refractivity contribution in [1.82, 2.24) is 0 Å². The summed E-state index contributed by atoms with van der Waals surface area (Å²) in [5.41, 5.74) is 0. The van der Waals surface area contributed by atoms with Crippen molar-refractivity contribution in [1.29, 1.82) is 0 Å². The number of hydrogen-bond acceptors (Lipinski definition) is 0. The van der Waals surface area contributed by atoms with Gasteiger partial charge in [0.05, 0.1) is 0 Å². The Labute approximate surface area is 120 Å². The van der Waals surface area contributed by atoms with Gasteiger partial charge >= 0.3 is 51.4 Å². The van der Waals surface area contributed by atoms with Gasteiger partial charge in [-0.05, 0) is 0 Å². The average Bonchev–Trinajstić information content (AvgIpc) is 0. The van der Waals surface area contributed by atoms with Gasteiger partial charge in [-0.1, -0.05) is 0 Å². The molecule has 0 saturated carbocycles. The van der Waals surface area contributed by atoms with Crippen molar-refractivity contribution in [3.63, 3.8) is 0 Å². The molecule has 0 nitrogen and oxygen atoms in total. The summed E-state index contributed by atoms with van der Waals surface area (Å²) in [4.78, 5) is 0. The molecule has 0 bridgehead atoms. The van der Waals surface area contributed by atoms with E-state index < -0.39 is 0 Å². The van der Waals surface area contributed by atoms with Crippen molar-refractivity contribution in [2.45, 2.75) is 0 Å². The molecule has 0 aliphatic carbocycles. The molecular formula is H4AlCrFeKRh. The standard InChI is InChI=1S/Al.Cr.Fe.K.Rh.4H. The van der Waals surface area contributed by atoms with Crippen LogP contribution in [-0.4, -0.2) is 68.7 Å². The summed E-state index contributed by atoms with van der Waals surface area (Å²) in [5, 5.41) is 0. The van der Waals surface area contributed by atoms with E-state index in [-0.39, 0.29) is 123 Å². The molecule has 0 heterocycles. The Morgan fingerprint density at radius 3 is 1.00 bits per heavy atom. The van der Waals surface area contributed by atoms with Gasteiger partial charge in [-0.2, -0.15) is 0 Å². The Hall–Kier alpha value is 3.84. The fourth-order valence-electron chi connectivity index (χ4n) is 0. The van der Waals surface area contributed by atoms with E-state index in [0.717, 1.165) is 0 Å². The second-order valence-electron chi connectivity index (χ2n) is 0. The van der Waals surface area contributed by atoms with E-state index in [1.54, 1.807) is 0 Å². The van der Waals surface area contributed by atoms with Crippen LogP contribution in [0, 0.1) is 0 Å². The van der Waals surface area contributed by atoms with Gasteiger partial charge in [0, 0.05) is 53.9 Å². The third-order valence-corrected chi connectivity index (χ3v) is 0. The Balaban J connectivity index is 0. The maximum Gasteiger partial charge on any atom is 0 e. The van der Waals surface area contributed by atoms with Crippen molar-refractivity contribution in [3.8, 4) is 0 Å². The van der Waals surface area contributed by atoms with Crippen LogP contribution >= 0.6 is 0 Å². The van der Waals surface area contributed by atoms with E-state index in [2.05, 4.69) is 0 Å². The zero-order valence-electron chi connectivity index (χ0n) is 1.10. The Kier molecular flexibility index (Phi) is 183. The van der Waals surface area contributed by atoms with Crippen LogP contribution in [0.1, 0.15) is 0 Å². The second kappa shape index (κ2) is 24.9. The van der Waals surface area contributed by atoms with Gasteiger partial charge in [-0.3, -0.25) is 0 Å². The normalized spacial score (nSPS) is 0. The first kappa shape index (κ1) is 36.8. The van der Waals surface area contributed by atoms with Crippen LogP contribution < -0.4 is 0 Å². The predicted molar refractivity (Wildman–Crippen MR) is 17.1 cm³/mol. The molecule has 0 fully saturated rings. The molecular weight excluding hydrogens is 277 g/mol. The first-order chi connectivity index (χ1) is 0. The average molecular weight is 281 g/mol. The van der Waals surface area contributed by atoms with Crippen molar-refractivity contribution in [2.75, 3.05) is 0 Å². The molecule has 5 heteroatoms. The maximum atomic E-state index is 0. The molecule has 0 aromatic carbocycles. The zero-order chi connectivity index (χ0) is 0. The molecule has 0 aliphatic heterocycles. The Morgan fingerprint density at radius 1 is 1.00 bits per heavy atom. The largest absolute Gasteiger partial charge is 0 e. The van der Waals surface area contributed by atoms with E-state index in [1.165, 1.54) is 0 Å². The SMILES string of the molecule is [AlH3].[Cr].[Fe].[KH].[Rh]. The van der Waals surface area contributed by atoms with Gasteiger partial charge in [-0.25, -0.2) is 0 Å². The first-order valence-electron chi connectivity index (χ1n) is 0. The first-order valence-corrected chi connectivity index (χ1v) is 0. The summed E-state index contributed by atoms with van der Waals surface area (Å²) in [5.74, 6) is 0. The molecule has 0 N–H and O–H groups in total. The molecule has 0 spiro atoms. The molecule has 0 saturated heterocycles. The van der Waals surface area contributed by atoms with Gasteiger partial charge < -0.3 is 0 Å². The summed E-state index contributed by atoms with van der Waals surface area (Å²) in [6.07, 6.45) is 0. The molecule has 0 atom stereocenters. The summed E-state index contributed by atoms with van der Waals surface area (Å²) >= 11 is 0. The van der Waals surface area contributed by atoms with Gasteiger partial charge in [0.1, 0.15) is 0 Å². The van der Waals surface area contributed by atoms with Crippen molar-refractivity contribution in [3.05, 3.63) is 0 Å². The van der Waals surface area contributed by atoms with Gasteiger partial charge in [-0.15, -0.1) is 0 Å². The minimum absolute atomic E-state index is 0. The summed E-state index contributed by atoms with van der Waals surface area (Å²) in [7, 11) is 0. The van der Waals surface area contributed by atoms with Gasteiger partial charge in [0.2, 0.25) is 0 Å². The van der Waals surface area contributed by atoms with E-state index in [1.807, 2.05) is 0 Å². The van der Waals surface area contributed by atoms with Crippen molar-refractivity contribution >= 4 is 68.7 Å². The summed E-state index contributed by atoms with van der Waals surface area (Å²) < 4.78 is 0. The monoisotopic (exact) mass is 281 g/mol.